The summed E-state index contributed by atoms with van der Waals surface area (Å²) in [4.78, 5) is 17.1. The molecule has 0 aromatic heterocycles. The Kier molecular flexibility index (Phi) is 5.48. The van der Waals surface area contributed by atoms with Crippen molar-refractivity contribution < 1.29 is 9.18 Å². The van der Waals surface area contributed by atoms with Crippen molar-refractivity contribution >= 4 is 17.4 Å². The van der Waals surface area contributed by atoms with Gasteiger partial charge in [0.2, 0.25) is 0 Å². The molecule has 4 rings (SSSR count). The lowest BCUT2D eigenvalue weighted by atomic mass is 10.0. The molecule has 2 aromatic carbocycles. The molecule has 0 spiro atoms. The van der Waals surface area contributed by atoms with Crippen molar-refractivity contribution in [3.8, 4) is 0 Å². The predicted molar refractivity (Wildman–Crippen MR) is 110 cm³/mol. The number of likely N-dealkylation sites (tertiary alicyclic amines) is 1. The zero-order valence-corrected chi connectivity index (χ0v) is 16.2. The van der Waals surface area contributed by atoms with Gasteiger partial charge in [0.1, 0.15) is 5.82 Å². The Bertz CT molecular complexity index is 833. The average Bonchev–Trinajstić information content (AvgIpc) is 3.34. The number of amides is 2. The zero-order valence-electron chi connectivity index (χ0n) is 16.2. The van der Waals surface area contributed by atoms with E-state index in [-0.39, 0.29) is 17.9 Å². The normalized spacial score (nSPS) is 17.4. The largest absolute Gasteiger partial charge is 0.374 e. The van der Waals surface area contributed by atoms with Gasteiger partial charge in [-0.3, -0.25) is 4.90 Å². The first-order chi connectivity index (χ1) is 13.6. The quantitative estimate of drug-likeness (QED) is 0.827. The zero-order chi connectivity index (χ0) is 19.5. The van der Waals surface area contributed by atoms with E-state index >= 15 is 0 Å². The summed E-state index contributed by atoms with van der Waals surface area (Å²) < 4.78 is 13.0. The number of benzene rings is 2. The number of nitrogens with one attached hydrogen (secondary N) is 2. The van der Waals surface area contributed by atoms with Gasteiger partial charge >= 0.3 is 6.03 Å². The number of hydrogen-bond acceptors (Lipinski definition) is 3. The topological polar surface area (TPSA) is 47.6 Å². The molecule has 2 aliphatic rings. The second kappa shape index (κ2) is 8.19. The first-order valence-corrected chi connectivity index (χ1v) is 9.98. The van der Waals surface area contributed by atoms with Gasteiger partial charge in [-0.05, 0) is 73.8 Å². The molecule has 148 valence electrons. The number of anilines is 2. The van der Waals surface area contributed by atoms with Gasteiger partial charge < -0.3 is 15.5 Å². The van der Waals surface area contributed by atoms with E-state index in [0.717, 1.165) is 26.1 Å². The predicted octanol–water partition coefficient (Wildman–Crippen LogP) is 3.78. The molecule has 0 radical (unpaired) electrons. The van der Waals surface area contributed by atoms with Gasteiger partial charge in [-0.1, -0.05) is 12.1 Å². The van der Waals surface area contributed by atoms with E-state index in [9.17, 15) is 9.18 Å². The Morgan fingerprint density at radius 3 is 2.61 bits per heavy atom. The van der Waals surface area contributed by atoms with Crippen molar-refractivity contribution in [3.63, 3.8) is 0 Å². The van der Waals surface area contributed by atoms with E-state index in [1.165, 1.54) is 41.8 Å². The third-order valence-corrected chi connectivity index (χ3v) is 5.76. The first kappa shape index (κ1) is 18.7. The van der Waals surface area contributed by atoms with E-state index in [1.54, 1.807) is 12.1 Å². The number of carbonyl (C=O) groups excluding carboxylic acids is 1. The van der Waals surface area contributed by atoms with Crippen molar-refractivity contribution in [2.45, 2.75) is 25.3 Å². The molecule has 2 heterocycles. The Morgan fingerprint density at radius 1 is 1.11 bits per heavy atom. The van der Waals surface area contributed by atoms with E-state index in [1.807, 2.05) is 0 Å². The van der Waals surface area contributed by atoms with Crippen LogP contribution in [0, 0.1) is 5.82 Å². The van der Waals surface area contributed by atoms with Crippen LogP contribution in [0.4, 0.5) is 20.6 Å². The van der Waals surface area contributed by atoms with Crippen LogP contribution in [0.25, 0.3) is 0 Å². The standard InChI is InChI=1S/C22H27FN4O/c1-26-13-10-17-14-16(4-9-20(17)26)21(27-11-2-3-12-27)15-24-22(28)25-19-7-5-18(23)6-8-19/h4-9,14,21H,2-3,10-13,15H2,1H3,(H2,24,25,28). The monoisotopic (exact) mass is 382 g/mol. The summed E-state index contributed by atoms with van der Waals surface area (Å²) in [6, 6.07) is 12.4. The van der Waals surface area contributed by atoms with E-state index in [0.29, 0.717) is 12.2 Å². The van der Waals surface area contributed by atoms with Crippen LogP contribution in [-0.2, 0) is 6.42 Å². The van der Waals surface area contributed by atoms with Crippen LogP contribution in [0.1, 0.15) is 30.0 Å². The third-order valence-electron chi connectivity index (χ3n) is 5.76. The molecule has 0 aliphatic carbocycles. The van der Waals surface area contributed by atoms with Crippen molar-refractivity contribution in [1.29, 1.82) is 0 Å². The molecule has 1 fully saturated rings. The SMILES string of the molecule is CN1CCc2cc(C(CNC(=O)Nc3ccc(F)cc3)N3CCCC3)ccc21. The summed E-state index contributed by atoms with van der Waals surface area (Å²) in [5.74, 6) is -0.317. The minimum absolute atomic E-state index is 0.165. The van der Waals surface area contributed by atoms with Crippen LogP contribution < -0.4 is 15.5 Å². The van der Waals surface area contributed by atoms with Crippen LogP contribution in [-0.4, -0.2) is 44.2 Å². The molecule has 2 amide bonds. The molecule has 0 saturated carbocycles. The molecule has 1 saturated heterocycles. The first-order valence-electron chi connectivity index (χ1n) is 9.98. The second-order valence-corrected chi connectivity index (χ2v) is 7.66. The maximum Gasteiger partial charge on any atom is 0.319 e. The lowest BCUT2D eigenvalue weighted by Gasteiger charge is -2.29. The highest BCUT2D eigenvalue weighted by molar-refractivity contribution is 5.89. The Hall–Kier alpha value is -2.60. The van der Waals surface area contributed by atoms with Gasteiger partial charge in [-0.25, -0.2) is 9.18 Å². The smallest absolute Gasteiger partial charge is 0.319 e. The summed E-state index contributed by atoms with van der Waals surface area (Å²) in [5, 5.41) is 5.77. The van der Waals surface area contributed by atoms with Crippen LogP contribution >= 0.6 is 0 Å². The van der Waals surface area contributed by atoms with E-state index in [4.69, 9.17) is 0 Å². The van der Waals surface area contributed by atoms with Gasteiger partial charge in [0.25, 0.3) is 0 Å². The number of nitrogens with zero attached hydrogens (tertiary/aromatic N) is 2. The molecule has 28 heavy (non-hydrogen) atoms. The second-order valence-electron chi connectivity index (χ2n) is 7.66. The van der Waals surface area contributed by atoms with Gasteiger partial charge in [0.05, 0.1) is 6.04 Å². The molecule has 1 atom stereocenters. The molecule has 6 heteroatoms. The Balaban J connectivity index is 1.45. The number of fused-ring (bicyclic) bond motifs is 1. The summed E-state index contributed by atoms with van der Waals surface area (Å²) in [7, 11) is 2.13. The van der Waals surface area contributed by atoms with Crippen LogP contribution in [0.2, 0.25) is 0 Å². The van der Waals surface area contributed by atoms with Crippen molar-refractivity contribution in [2.24, 2.45) is 0 Å². The molecular weight excluding hydrogens is 355 g/mol. The maximum atomic E-state index is 13.0. The summed E-state index contributed by atoms with van der Waals surface area (Å²) in [6.45, 7) is 3.72. The highest BCUT2D eigenvalue weighted by Gasteiger charge is 2.26. The fourth-order valence-corrected chi connectivity index (χ4v) is 4.20. The number of halogens is 1. The number of likely N-dealkylation sites (N-methyl/N-ethyl adjacent to an activating group) is 1. The van der Waals surface area contributed by atoms with Gasteiger partial charge in [-0.2, -0.15) is 0 Å². The van der Waals surface area contributed by atoms with E-state index in [2.05, 4.69) is 45.7 Å². The number of carbonyl (C=O) groups is 1. The van der Waals surface area contributed by atoms with Gasteiger partial charge in [-0.15, -0.1) is 0 Å². The molecule has 5 nitrogen and oxygen atoms in total. The van der Waals surface area contributed by atoms with Crippen LogP contribution in [0.3, 0.4) is 0 Å². The Morgan fingerprint density at radius 2 is 1.86 bits per heavy atom. The summed E-state index contributed by atoms with van der Waals surface area (Å²) >= 11 is 0. The molecule has 2 N–H and O–H groups in total. The number of urea groups is 1. The summed E-state index contributed by atoms with van der Waals surface area (Å²) in [6.07, 6.45) is 3.47. The molecule has 1 unspecified atom stereocenters. The molecule has 2 aromatic rings. The van der Waals surface area contributed by atoms with Crippen molar-refractivity contribution in [1.82, 2.24) is 10.2 Å². The fourth-order valence-electron chi connectivity index (χ4n) is 4.20. The van der Waals surface area contributed by atoms with Crippen LogP contribution in [0.5, 0.6) is 0 Å². The van der Waals surface area contributed by atoms with Crippen molar-refractivity contribution in [2.75, 3.05) is 43.4 Å². The third kappa shape index (κ3) is 4.12. The maximum absolute atomic E-state index is 13.0. The highest BCUT2D eigenvalue weighted by Crippen LogP contribution is 2.32. The highest BCUT2D eigenvalue weighted by atomic mass is 19.1. The number of rotatable bonds is 5. The minimum atomic E-state index is -0.317. The lowest BCUT2D eigenvalue weighted by Crippen LogP contribution is -2.38. The van der Waals surface area contributed by atoms with Gasteiger partial charge in [0, 0.05) is 31.5 Å². The van der Waals surface area contributed by atoms with E-state index < -0.39 is 0 Å². The number of hydrogen-bond donors (Lipinski definition) is 2. The minimum Gasteiger partial charge on any atom is -0.374 e. The van der Waals surface area contributed by atoms with Gasteiger partial charge in [0.15, 0.2) is 0 Å². The van der Waals surface area contributed by atoms with Crippen LogP contribution in [0.15, 0.2) is 42.5 Å². The van der Waals surface area contributed by atoms with Crippen molar-refractivity contribution in [3.05, 3.63) is 59.4 Å². The molecular formula is C22H27FN4O. The summed E-state index contributed by atoms with van der Waals surface area (Å²) in [5.41, 5.74) is 4.54. The molecule has 0 bridgehead atoms. The molecule has 2 aliphatic heterocycles. The lowest BCUT2D eigenvalue weighted by molar-refractivity contribution is 0.227. The Labute approximate surface area is 165 Å². The fraction of sp³-hybridized carbons (Fsp3) is 0.409. The average molecular weight is 382 g/mol.